The molecule has 154 valence electrons. The van der Waals surface area contributed by atoms with Crippen LogP contribution in [0.4, 0.5) is 0 Å². The molecule has 0 unspecified atom stereocenters. The molecule has 2 aromatic rings. The first-order chi connectivity index (χ1) is 14.1. The lowest BCUT2D eigenvalue weighted by Crippen LogP contribution is -2.50. The molecule has 0 bridgehead atoms. The van der Waals surface area contributed by atoms with Crippen LogP contribution in [0.2, 0.25) is 0 Å². The number of hydrogen-bond acceptors (Lipinski definition) is 5. The second kappa shape index (κ2) is 10.2. The molecule has 0 aliphatic heterocycles. The smallest absolute Gasteiger partial charge is 0.267 e. The van der Waals surface area contributed by atoms with Gasteiger partial charge in [-0.3, -0.25) is 14.8 Å². The number of nitrogens with one attached hydrogen (secondary N) is 3. The lowest BCUT2D eigenvalue weighted by atomic mass is 10.0. The summed E-state index contributed by atoms with van der Waals surface area (Å²) in [5.41, 5.74) is 10.7. The molecule has 0 aromatic heterocycles. The molecular formula is C22H28N4O3. The van der Waals surface area contributed by atoms with Gasteiger partial charge in [-0.1, -0.05) is 49.2 Å². The highest BCUT2D eigenvalue weighted by Crippen LogP contribution is 2.21. The minimum Gasteiger partial charge on any atom is -0.339 e. The number of benzene rings is 2. The summed E-state index contributed by atoms with van der Waals surface area (Å²) in [6.45, 7) is 0.770. The molecule has 0 radical (unpaired) electrons. The third-order valence-electron chi connectivity index (χ3n) is 5.35. The Kier molecular flexibility index (Phi) is 7.35. The summed E-state index contributed by atoms with van der Waals surface area (Å²) in [7, 11) is 0. The highest BCUT2D eigenvalue weighted by Gasteiger charge is 2.19. The largest absolute Gasteiger partial charge is 0.339 e. The lowest BCUT2D eigenvalue weighted by Gasteiger charge is -2.14. The van der Waals surface area contributed by atoms with E-state index in [0.29, 0.717) is 11.6 Å². The van der Waals surface area contributed by atoms with Gasteiger partial charge in [0.15, 0.2) is 0 Å². The molecule has 7 heteroatoms. The van der Waals surface area contributed by atoms with Crippen molar-refractivity contribution in [2.45, 2.75) is 44.3 Å². The van der Waals surface area contributed by atoms with Crippen LogP contribution in [0.25, 0.3) is 11.1 Å². The van der Waals surface area contributed by atoms with E-state index in [1.165, 1.54) is 36.7 Å². The molecule has 2 amide bonds. The zero-order valence-electron chi connectivity index (χ0n) is 16.4. The van der Waals surface area contributed by atoms with Crippen molar-refractivity contribution in [1.29, 1.82) is 0 Å². The summed E-state index contributed by atoms with van der Waals surface area (Å²) in [4.78, 5) is 23.7. The van der Waals surface area contributed by atoms with Crippen LogP contribution in [0.3, 0.4) is 0 Å². The zero-order valence-corrected chi connectivity index (χ0v) is 16.4. The van der Waals surface area contributed by atoms with Crippen LogP contribution in [-0.4, -0.2) is 35.7 Å². The number of amides is 2. The van der Waals surface area contributed by atoms with Crippen LogP contribution in [0.1, 0.15) is 41.6 Å². The van der Waals surface area contributed by atoms with Gasteiger partial charge in [-0.15, -0.1) is 0 Å². The predicted molar refractivity (Wildman–Crippen MR) is 111 cm³/mol. The molecule has 0 heterocycles. The topological polar surface area (TPSA) is 116 Å². The number of hydrogen-bond donors (Lipinski definition) is 5. The molecule has 1 aliphatic rings. The van der Waals surface area contributed by atoms with Gasteiger partial charge in [-0.05, 0) is 41.7 Å². The monoisotopic (exact) mass is 396 g/mol. The van der Waals surface area contributed by atoms with Gasteiger partial charge >= 0.3 is 0 Å². The zero-order chi connectivity index (χ0) is 20.6. The fourth-order valence-corrected chi connectivity index (χ4v) is 3.57. The molecule has 7 nitrogen and oxygen atoms in total. The van der Waals surface area contributed by atoms with Gasteiger partial charge < -0.3 is 16.4 Å². The first-order valence-electron chi connectivity index (χ1n) is 9.98. The van der Waals surface area contributed by atoms with Crippen molar-refractivity contribution in [2.75, 3.05) is 6.54 Å². The Morgan fingerprint density at radius 3 is 2.14 bits per heavy atom. The Hall–Kier alpha value is -2.74. The number of rotatable bonds is 8. The summed E-state index contributed by atoms with van der Waals surface area (Å²) >= 11 is 0. The van der Waals surface area contributed by atoms with Crippen LogP contribution < -0.4 is 21.8 Å². The van der Waals surface area contributed by atoms with Crippen molar-refractivity contribution < 1.29 is 14.8 Å². The molecule has 29 heavy (non-hydrogen) atoms. The molecule has 6 N–H and O–H groups in total. The highest BCUT2D eigenvalue weighted by molar-refractivity contribution is 5.97. The maximum atomic E-state index is 12.3. The number of carbonyl (C=O) groups excluding carboxylic acids is 2. The average molecular weight is 396 g/mol. The summed E-state index contributed by atoms with van der Waals surface area (Å²) in [5, 5.41) is 14.8. The van der Waals surface area contributed by atoms with E-state index in [2.05, 4.69) is 34.9 Å². The molecule has 1 fully saturated rings. The van der Waals surface area contributed by atoms with E-state index >= 15 is 0 Å². The molecule has 2 aromatic carbocycles. The minimum absolute atomic E-state index is 0.113. The van der Waals surface area contributed by atoms with Crippen LogP contribution >= 0.6 is 0 Å². The Morgan fingerprint density at radius 2 is 1.59 bits per heavy atom. The van der Waals surface area contributed by atoms with Crippen molar-refractivity contribution in [3.63, 3.8) is 0 Å². The second-order valence-electron chi connectivity index (χ2n) is 7.37. The minimum atomic E-state index is -0.988. The first-order valence-corrected chi connectivity index (χ1v) is 9.98. The van der Waals surface area contributed by atoms with Crippen molar-refractivity contribution >= 4 is 11.8 Å². The first kappa shape index (κ1) is 21.0. The van der Waals surface area contributed by atoms with Crippen LogP contribution in [0, 0.1) is 0 Å². The maximum Gasteiger partial charge on any atom is 0.267 e. The predicted octanol–water partition coefficient (Wildman–Crippen LogP) is 1.95. The molecule has 0 spiro atoms. The van der Waals surface area contributed by atoms with Gasteiger partial charge in [0.05, 0.1) is 0 Å². The van der Waals surface area contributed by atoms with Gasteiger partial charge in [-0.25, -0.2) is 5.48 Å². The van der Waals surface area contributed by atoms with Gasteiger partial charge in [0, 0.05) is 24.7 Å². The molecule has 1 atom stereocenters. The summed E-state index contributed by atoms with van der Waals surface area (Å²) in [6.07, 6.45) is 5.20. The van der Waals surface area contributed by atoms with E-state index in [1.54, 1.807) is 12.1 Å². The Labute approximate surface area is 170 Å². The lowest BCUT2D eigenvalue weighted by molar-refractivity contribution is -0.130. The number of carbonyl (C=O) groups is 2. The van der Waals surface area contributed by atoms with Crippen LogP contribution in [0.5, 0.6) is 0 Å². The van der Waals surface area contributed by atoms with Gasteiger partial charge in [-0.2, -0.15) is 0 Å². The van der Waals surface area contributed by atoms with Crippen LogP contribution in [0.15, 0.2) is 48.5 Å². The Balaban J connectivity index is 1.59. The van der Waals surface area contributed by atoms with Crippen molar-refractivity contribution in [1.82, 2.24) is 16.1 Å². The summed E-state index contributed by atoms with van der Waals surface area (Å²) < 4.78 is 0. The second-order valence-corrected chi connectivity index (χ2v) is 7.37. The van der Waals surface area contributed by atoms with Crippen LogP contribution in [-0.2, 0) is 11.3 Å². The average Bonchev–Trinajstić information content (AvgIpc) is 3.29. The fourth-order valence-electron chi connectivity index (χ4n) is 3.57. The molecule has 3 rings (SSSR count). The molecule has 0 saturated heterocycles. The molecule has 1 aliphatic carbocycles. The van der Waals surface area contributed by atoms with E-state index in [9.17, 15) is 9.59 Å². The third-order valence-corrected chi connectivity index (χ3v) is 5.35. The van der Waals surface area contributed by atoms with Crippen molar-refractivity contribution in [2.24, 2.45) is 5.73 Å². The Bertz CT molecular complexity index is 815. The molecule has 1 saturated carbocycles. The maximum absolute atomic E-state index is 12.3. The van der Waals surface area contributed by atoms with E-state index in [-0.39, 0.29) is 6.54 Å². The SMILES string of the molecule is NC[C@H](NC(=O)c1ccc(-c2ccc(CNC3CCCC3)cc2)cc1)C(=O)NO. The van der Waals surface area contributed by atoms with Gasteiger partial charge in [0.2, 0.25) is 0 Å². The molecular weight excluding hydrogens is 368 g/mol. The Morgan fingerprint density at radius 1 is 1.00 bits per heavy atom. The number of hydroxylamine groups is 1. The summed E-state index contributed by atoms with van der Waals surface area (Å²) in [5.74, 6) is -1.18. The fraction of sp³-hybridized carbons (Fsp3) is 0.364. The van der Waals surface area contributed by atoms with E-state index in [4.69, 9.17) is 10.9 Å². The normalized spacial score (nSPS) is 15.1. The van der Waals surface area contributed by atoms with E-state index in [0.717, 1.165) is 17.7 Å². The van der Waals surface area contributed by atoms with Gasteiger partial charge in [0.1, 0.15) is 6.04 Å². The number of nitrogens with two attached hydrogens (primary N) is 1. The summed E-state index contributed by atoms with van der Waals surface area (Å²) in [6, 6.07) is 15.2. The van der Waals surface area contributed by atoms with Gasteiger partial charge in [0.25, 0.3) is 11.8 Å². The van der Waals surface area contributed by atoms with E-state index < -0.39 is 17.9 Å². The van der Waals surface area contributed by atoms with Crippen molar-refractivity contribution in [3.05, 3.63) is 59.7 Å². The standard InChI is InChI=1S/C22H28N4O3/c23-13-20(22(28)26-29)25-21(27)18-11-9-17(10-12-18)16-7-5-15(6-8-16)14-24-19-3-1-2-4-19/h5-12,19-20,24,29H,1-4,13-14,23H2,(H,25,27)(H,26,28)/t20-/m0/s1. The van der Waals surface area contributed by atoms with Crippen molar-refractivity contribution in [3.8, 4) is 11.1 Å². The quantitative estimate of drug-likeness (QED) is 0.345. The third kappa shape index (κ3) is 5.63. The highest BCUT2D eigenvalue weighted by atomic mass is 16.5. The van der Waals surface area contributed by atoms with E-state index in [1.807, 2.05) is 12.1 Å².